The average Bonchev–Trinajstić information content (AvgIpc) is 2.40. The molecule has 0 unspecified atom stereocenters. The molecule has 0 heterocycles. The highest BCUT2D eigenvalue weighted by atomic mass is 16.5. The Kier molecular flexibility index (Phi) is 4.83. The Balaban J connectivity index is 1.99. The first kappa shape index (κ1) is 13.9. The summed E-state index contributed by atoms with van der Waals surface area (Å²) >= 11 is 0. The number of aliphatic carboxylic acids is 1. The van der Waals surface area contributed by atoms with E-state index in [4.69, 9.17) is 9.84 Å². The molecule has 0 aliphatic heterocycles. The first-order chi connectivity index (χ1) is 9.20. The second-order valence-electron chi connectivity index (χ2n) is 5.29. The fourth-order valence-corrected chi connectivity index (χ4v) is 3.03. The highest BCUT2D eigenvalue weighted by Crippen LogP contribution is 2.40. The van der Waals surface area contributed by atoms with Crippen LogP contribution >= 0.6 is 0 Å². The molecular formula is C16H22O3. The summed E-state index contributed by atoms with van der Waals surface area (Å²) in [5.41, 5.74) is 1.29. The van der Waals surface area contributed by atoms with Gasteiger partial charge >= 0.3 is 5.97 Å². The van der Waals surface area contributed by atoms with Crippen LogP contribution in [0.15, 0.2) is 24.3 Å². The minimum Gasteiger partial charge on any atom is -0.494 e. The van der Waals surface area contributed by atoms with E-state index in [2.05, 4.69) is 12.1 Å². The maximum absolute atomic E-state index is 10.7. The molecule has 0 aromatic heterocycles. The molecule has 3 nitrogen and oxygen atoms in total. The van der Waals surface area contributed by atoms with Crippen molar-refractivity contribution in [3.8, 4) is 5.75 Å². The Morgan fingerprint density at radius 2 is 1.95 bits per heavy atom. The molecule has 1 saturated carbocycles. The minimum absolute atomic E-state index is 0.319. The van der Waals surface area contributed by atoms with Gasteiger partial charge in [-0.2, -0.15) is 0 Å². The van der Waals surface area contributed by atoms with E-state index in [1.165, 1.54) is 5.56 Å². The van der Waals surface area contributed by atoms with E-state index >= 15 is 0 Å². The fourth-order valence-electron chi connectivity index (χ4n) is 3.03. The van der Waals surface area contributed by atoms with Gasteiger partial charge in [0.05, 0.1) is 6.61 Å². The van der Waals surface area contributed by atoms with Crippen molar-refractivity contribution in [2.24, 2.45) is 5.92 Å². The van der Waals surface area contributed by atoms with Crippen LogP contribution in [0.3, 0.4) is 0 Å². The van der Waals surface area contributed by atoms with Crippen molar-refractivity contribution in [2.75, 3.05) is 6.61 Å². The summed E-state index contributed by atoms with van der Waals surface area (Å²) in [5.74, 6) is 1.20. The van der Waals surface area contributed by atoms with Gasteiger partial charge in [0.25, 0.3) is 0 Å². The SMILES string of the molecule is CCOc1ccccc1C1CCC(CC(=O)O)CC1. The second-order valence-corrected chi connectivity index (χ2v) is 5.29. The Morgan fingerprint density at radius 3 is 2.58 bits per heavy atom. The van der Waals surface area contributed by atoms with Gasteiger partial charge < -0.3 is 9.84 Å². The Bertz CT molecular complexity index is 420. The van der Waals surface area contributed by atoms with Gasteiger partial charge in [-0.3, -0.25) is 4.79 Å². The summed E-state index contributed by atoms with van der Waals surface area (Å²) in [6.45, 7) is 2.69. The van der Waals surface area contributed by atoms with Crippen molar-refractivity contribution in [3.63, 3.8) is 0 Å². The Hall–Kier alpha value is -1.51. The van der Waals surface area contributed by atoms with Gasteiger partial charge in [-0.15, -0.1) is 0 Å². The van der Waals surface area contributed by atoms with E-state index < -0.39 is 5.97 Å². The van der Waals surface area contributed by atoms with Crippen LogP contribution in [0.5, 0.6) is 5.75 Å². The van der Waals surface area contributed by atoms with Gasteiger partial charge in [0.1, 0.15) is 5.75 Å². The van der Waals surface area contributed by atoms with E-state index in [9.17, 15) is 4.79 Å². The fraction of sp³-hybridized carbons (Fsp3) is 0.562. The number of hydrogen-bond donors (Lipinski definition) is 1. The molecule has 1 aromatic carbocycles. The quantitative estimate of drug-likeness (QED) is 0.877. The predicted octanol–water partition coefficient (Wildman–Crippen LogP) is 3.83. The molecule has 19 heavy (non-hydrogen) atoms. The van der Waals surface area contributed by atoms with Gasteiger partial charge in [0.15, 0.2) is 0 Å². The zero-order valence-electron chi connectivity index (χ0n) is 11.5. The molecule has 3 heteroatoms. The van der Waals surface area contributed by atoms with Gasteiger partial charge in [-0.05, 0) is 56.1 Å². The molecular weight excluding hydrogens is 240 g/mol. The maximum Gasteiger partial charge on any atom is 0.303 e. The summed E-state index contributed by atoms with van der Waals surface area (Å²) in [6, 6.07) is 8.24. The number of benzene rings is 1. The van der Waals surface area contributed by atoms with Crippen molar-refractivity contribution in [1.29, 1.82) is 0 Å². The summed E-state index contributed by atoms with van der Waals surface area (Å²) in [4.78, 5) is 10.7. The second kappa shape index (κ2) is 6.60. The lowest BCUT2D eigenvalue weighted by molar-refractivity contribution is -0.138. The molecule has 2 rings (SSSR count). The van der Waals surface area contributed by atoms with E-state index in [1.54, 1.807) is 0 Å². The molecule has 0 radical (unpaired) electrons. The number of carboxylic acid groups (broad SMARTS) is 1. The highest BCUT2D eigenvalue weighted by molar-refractivity contribution is 5.67. The summed E-state index contributed by atoms with van der Waals surface area (Å²) in [7, 11) is 0. The van der Waals surface area contributed by atoms with Crippen molar-refractivity contribution < 1.29 is 14.6 Å². The molecule has 1 aliphatic carbocycles. The van der Waals surface area contributed by atoms with Gasteiger partial charge in [0.2, 0.25) is 0 Å². The molecule has 1 fully saturated rings. The number of hydrogen-bond acceptors (Lipinski definition) is 2. The summed E-state index contributed by atoms with van der Waals surface area (Å²) in [5, 5.41) is 8.84. The number of carboxylic acids is 1. The van der Waals surface area contributed by atoms with Gasteiger partial charge in [0, 0.05) is 6.42 Å². The molecule has 1 aromatic rings. The summed E-state index contributed by atoms with van der Waals surface area (Å²) < 4.78 is 5.69. The number of carbonyl (C=O) groups is 1. The van der Waals surface area contributed by atoms with Crippen LogP contribution in [0.25, 0.3) is 0 Å². The molecule has 0 spiro atoms. The molecule has 0 amide bonds. The third-order valence-electron chi connectivity index (χ3n) is 3.97. The van der Waals surface area contributed by atoms with Crippen LogP contribution in [-0.4, -0.2) is 17.7 Å². The smallest absolute Gasteiger partial charge is 0.303 e. The first-order valence-electron chi connectivity index (χ1n) is 7.14. The highest BCUT2D eigenvalue weighted by Gasteiger charge is 2.25. The van der Waals surface area contributed by atoms with E-state index in [0.29, 0.717) is 24.9 Å². The van der Waals surface area contributed by atoms with E-state index in [0.717, 1.165) is 31.4 Å². The molecule has 0 atom stereocenters. The Morgan fingerprint density at radius 1 is 1.26 bits per heavy atom. The maximum atomic E-state index is 10.7. The first-order valence-corrected chi connectivity index (χ1v) is 7.14. The summed E-state index contributed by atoms with van der Waals surface area (Å²) in [6.07, 6.45) is 4.48. The lowest BCUT2D eigenvalue weighted by Crippen LogP contribution is -2.16. The molecule has 0 bridgehead atoms. The molecule has 104 valence electrons. The van der Waals surface area contributed by atoms with Crippen LogP contribution in [-0.2, 0) is 4.79 Å². The van der Waals surface area contributed by atoms with Gasteiger partial charge in [-0.1, -0.05) is 18.2 Å². The molecule has 0 saturated heterocycles. The van der Waals surface area contributed by atoms with Crippen LogP contribution in [0.1, 0.15) is 50.5 Å². The van der Waals surface area contributed by atoms with Gasteiger partial charge in [-0.25, -0.2) is 0 Å². The van der Waals surface area contributed by atoms with Crippen LogP contribution < -0.4 is 4.74 Å². The van der Waals surface area contributed by atoms with E-state index in [-0.39, 0.29) is 0 Å². The van der Waals surface area contributed by atoms with Crippen molar-refractivity contribution >= 4 is 5.97 Å². The average molecular weight is 262 g/mol. The lowest BCUT2D eigenvalue weighted by Gasteiger charge is -2.29. The molecule has 1 aliphatic rings. The van der Waals surface area contributed by atoms with Crippen LogP contribution in [0.4, 0.5) is 0 Å². The lowest BCUT2D eigenvalue weighted by atomic mass is 9.77. The standard InChI is InChI=1S/C16H22O3/c1-2-19-15-6-4-3-5-14(15)13-9-7-12(8-10-13)11-16(17)18/h3-6,12-13H,2,7-11H2,1H3,(H,17,18). The van der Waals surface area contributed by atoms with Crippen molar-refractivity contribution in [3.05, 3.63) is 29.8 Å². The van der Waals surface area contributed by atoms with Crippen molar-refractivity contribution in [1.82, 2.24) is 0 Å². The third-order valence-corrected chi connectivity index (χ3v) is 3.97. The molecule has 1 N–H and O–H groups in total. The normalized spacial score (nSPS) is 23.0. The van der Waals surface area contributed by atoms with E-state index in [1.807, 2.05) is 19.1 Å². The van der Waals surface area contributed by atoms with Crippen LogP contribution in [0.2, 0.25) is 0 Å². The zero-order valence-corrected chi connectivity index (χ0v) is 11.5. The minimum atomic E-state index is -0.668. The topological polar surface area (TPSA) is 46.5 Å². The monoisotopic (exact) mass is 262 g/mol. The zero-order chi connectivity index (χ0) is 13.7. The number of rotatable bonds is 5. The largest absolute Gasteiger partial charge is 0.494 e. The predicted molar refractivity (Wildman–Crippen MR) is 74.6 cm³/mol. The number of ether oxygens (including phenoxy) is 1. The Labute approximate surface area is 114 Å². The number of para-hydroxylation sites is 1. The van der Waals surface area contributed by atoms with Crippen molar-refractivity contribution in [2.45, 2.75) is 44.9 Å². The third kappa shape index (κ3) is 3.72. The van der Waals surface area contributed by atoms with Crippen LogP contribution in [0, 0.1) is 5.92 Å².